The molecule has 1 aromatic rings. The van der Waals surface area contributed by atoms with Gasteiger partial charge in [-0.15, -0.1) is 0 Å². The van der Waals surface area contributed by atoms with Gasteiger partial charge in [-0.2, -0.15) is 4.37 Å². The maximum absolute atomic E-state index is 11.2. The SMILES string of the molecule is CCOC(=O)c1snc(C(=O)O)c1N. The van der Waals surface area contributed by atoms with Crippen LogP contribution < -0.4 is 5.73 Å². The average molecular weight is 216 g/mol. The van der Waals surface area contributed by atoms with Crippen molar-refractivity contribution in [2.45, 2.75) is 6.92 Å². The number of rotatable bonds is 3. The minimum absolute atomic E-state index is 0.0317. The highest BCUT2D eigenvalue weighted by Crippen LogP contribution is 2.22. The fourth-order valence-corrected chi connectivity index (χ4v) is 1.48. The van der Waals surface area contributed by atoms with Crippen molar-refractivity contribution in [2.24, 2.45) is 0 Å². The molecule has 0 atom stereocenters. The second-order valence-corrected chi connectivity index (χ2v) is 3.07. The van der Waals surface area contributed by atoms with E-state index in [0.717, 1.165) is 11.5 Å². The topological polar surface area (TPSA) is 103 Å². The van der Waals surface area contributed by atoms with Crippen LogP contribution in [0.1, 0.15) is 27.1 Å². The first-order chi connectivity index (χ1) is 6.57. The molecule has 0 unspecified atom stereocenters. The largest absolute Gasteiger partial charge is 0.476 e. The second kappa shape index (κ2) is 4.05. The molecule has 6 nitrogen and oxygen atoms in total. The summed E-state index contributed by atoms with van der Waals surface area (Å²) in [7, 11) is 0. The molecule has 3 N–H and O–H groups in total. The summed E-state index contributed by atoms with van der Waals surface area (Å²) in [5.41, 5.74) is 4.96. The maximum atomic E-state index is 11.2. The Morgan fingerprint density at radius 1 is 1.64 bits per heavy atom. The van der Waals surface area contributed by atoms with Gasteiger partial charge >= 0.3 is 11.9 Å². The number of carboxylic acids is 1. The molecule has 0 aliphatic carbocycles. The summed E-state index contributed by atoms with van der Waals surface area (Å²) in [6, 6.07) is 0. The minimum Gasteiger partial charge on any atom is -0.476 e. The number of carboxylic acid groups (broad SMARTS) is 1. The zero-order valence-corrected chi connectivity index (χ0v) is 8.13. The number of esters is 1. The third kappa shape index (κ3) is 1.82. The highest BCUT2D eigenvalue weighted by Gasteiger charge is 2.22. The molecule has 1 rings (SSSR count). The third-order valence-electron chi connectivity index (χ3n) is 1.39. The summed E-state index contributed by atoms with van der Waals surface area (Å²) < 4.78 is 8.20. The van der Waals surface area contributed by atoms with Crippen LogP contribution in [0.2, 0.25) is 0 Å². The van der Waals surface area contributed by atoms with Crippen molar-refractivity contribution in [1.29, 1.82) is 0 Å². The van der Waals surface area contributed by atoms with E-state index in [9.17, 15) is 9.59 Å². The number of nitrogens with zero attached hydrogens (tertiary/aromatic N) is 1. The zero-order chi connectivity index (χ0) is 10.7. The molecule has 0 aliphatic heterocycles. The van der Waals surface area contributed by atoms with Crippen LogP contribution in [0.5, 0.6) is 0 Å². The lowest BCUT2D eigenvalue weighted by molar-refractivity contribution is 0.0533. The first-order valence-electron chi connectivity index (χ1n) is 3.73. The number of hydrogen-bond acceptors (Lipinski definition) is 6. The van der Waals surface area contributed by atoms with Gasteiger partial charge in [-0.3, -0.25) is 0 Å². The van der Waals surface area contributed by atoms with Gasteiger partial charge in [0.15, 0.2) is 10.6 Å². The van der Waals surface area contributed by atoms with E-state index in [4.69, 9.17) is 10.8 Å². The lowest BCUT2D eigenvalue weighted by atomic mass is 10.3. The Hall–Kier alpha value is -1.63. The number of carbonyl (C=O) groups is 2. The Morgan fingerprint density at radius 3 is 2.71 bits per heavy atom. The minimum atomic E-state index is -1.26. The van der Waals surface area contributed by atoms with Gasteiger partial charge in [0.25, 0.3) is 0 Å². The second-order valence-electron chi connectivity index (χ2n) is 2.30. The van der Waals surface area contributed by atoms with E-state index in [1.54, 1.807) is 6.92 Å². The first kappa shape index (κ1) is 10.5. The number of carbonyl (C=O) groups excluding carboxylic acids is 1. The Morgan fingerprint density at radius 2 is 2.29 bits per heavy atom. The molecule has 0 saturated carbocycles. The van der Waals surface area contributed by atoms with E-state index in [0.29, 0.717) is 0 Å². The highest BCUT2D eigenvalue weighted by molar-refractivity contribution is 7.08. The quantitative estimate of drug-likeness (QED) is 0.717. The highest BCUT2D eigenvalue weighted by atomic mass is 32.1. The molecule has 14 heavy (non-hydrogen) atoms. The molecule has 1 aromatic heterocycles. The number of ether oxygens (including phenoxy) is 1. The van der Waals surface area contributed by atoms with Gasteiger partial charge in [0.1, 0.15) is 0 Å². The van der Waals surface area contributed by atoms with Gasteiger partial charge in [0.2, 0.25) is 0 Å². The summed E-state index contributed by atoms with van der Waals surface area (Å²) in [5, 5.41) is 8.60. The number of aromatic nitrogens is 1. The Balaban J connectivity index is 3.00. The molecule has 0 aliphatic rings. The Labute approximate surface area is 83.5 Å². The van der Waals surface area contributed by atoms with Crippen molar-refractivity contribution in [3.63, 3.8) is 0 Å². The van der Waals surface area contributed by atoms with Crippen LogP contribution in [-0.2, 0) is 4.74 Å². The number of nitrogen functional groups attached to an aromatic ring is 1. The third-order valence-corrected chi connectivity index (χ3v) is 2.23. The van der Waals surface area contributed by atoms with E-state index >= 15 is 0 Å². The molecule has 7 heteroatoms. The van der Waals surface area contributed by atoms with Gasteiger partial charge in [-0.05, 0) is 18.5 Å². The molecule has 0 aromatic carbocycles. The summed E-state index contributed by atoms with van der Waals surface area (Å²) in [5.74, 6) is -1.90. The predicted octanol–water partition coefficient (Wildman–Crippen LogP) is 0.600. The number of aromatic carboxylic acids is 1. The van der Waals surface area contributed by atoms with E-state index in [1.165, 1.54) is 0 Å². The van der Waals surface area contributed by atoms with Crippen molar-refractivity contribution >= 4 is 29.2 Å². The molecule has 76 valence electrons. The molecule has 0 radical (unpaired) electrons. The molecule has 0 saturated heterocycles. The van der Waals surface area contributed by atoms with Crippen LogP contribution in [0.25, 0.3) is 0 Å². The smallest absolute Gasteiger partial charge is 0.357 e. The van der Waals surface area contributed by atoms with Crippen LogP contribution in [0, 0.1) is 0 Å². The zero-order valence-electron chi connectivity index (χ0n) is 7.31. The molecule has 0 fully saturated rings. The summed E-state index contributed by atoms with van der Waals surface area (Å²) in [4.78, 5) is 21.7. The molecule has 0 amide bonds. The standard InChI is InChI=1S/C7H8N2O4S/c1-2-13-7(12)5-3(8)4(6(10)11)9-14-5/h2,8H2,1H3,(H,10,11). The summed E-state index contributed by atoms with van der Waals surface area (Å²) in [6.45, 7) is 1.85. The number of hydrogen-bond donors (Lipinski definition) is 2. The Bertz CT molecular complexity index is 374. The Kier molecular flexibility index (Phi) is 3.03. The fraction of sp³-hybridized carbons (Fsp3) is 0.286. The van der Waals surface area contributed by atoms with Gasteiger partial charge in [-0.25, -0.2) is 9.59 Å². The van der Waals surface area contributed by atoms with E-state index in [1.807, 2.05) is 0 Å². The van der Waals surface area contributed by atoms with Crippen LogP contribution >= 0.6 is 11.5 Å². The van der Waals surface area contributed by atoms with E-state index in [2.05, 4.69) is 9.11 Å². The first-order valence-corrected chi connectivity index (χ1v) is 4.50. The van der Waals surface area contributed by atoms with Crippen LogP contribution in [-0.4, -0.2) is 28.0 Å². The van der Waals surface area contributed by atoms with E-state index in [-0.39, 0.29) is 22.9 Å². The number of anilines is 1. The van der Waals surface area contributed by atoms with E-state index < -0.39 is 11.9 Å². The maximum Gasteiger partial charge on any atom is 0.357 e. The number of nitrogens with two attached hydrogens (primary N) is 1. The molecule has 0 spiro atoms. The lowest BCUT2D eigenvalue weighted by Gasteiger charge is -1.98. The van der Waals surface area contributed by atoms with Crippen molar-refractivity contribution < 1.29 is 19.4 Å². The van der Waals surface area contributed by atoms with Gasteiger partial charge in [0, 0.05) is 0 Å². The van der Waals surface area contributed by atoms with Crippen molar-refractivity contribution in [1.82, 2.24) is 4.37 Å². The van der Waals surface area contributed by atoms with Crippen LogP contribution in [0.15, 0.2) is 0 Å². The monoisotopic (exact) mass is 216 g/mol. The van der Waals surface area contributed by atoms with Gasteiger partial charge in [-0.1, -0.05) is 0 Å². The molecular formula is C7H8N2O4S. The van der Waals surface area contributed by atoms with Gasteiger partial charge in [0.05, 0.1) is 12.3 Å². The van der Waals surface area contributed by atoms with Crippen molar-refractivity contribution in [2.75, 3.05) is 12.3 Å². The van der Waals surface area contributed by atoms with Crippen LogP contribution in [0.3, 0.4) is 0 Å². The summed E-state index contributed by atoms with van der Waals surface area (Å²) in [6.07, 6.45) is 0. The van der Waals surface area contributed by atoms with Gasteiger partial charge < -0.3 is 15.6 Å². The predicted molar refractivity (Wildman–Crippen MR) is 49.4 cm³/mol. The fourth-order valence-electron chi connectivity index (χ4n) is 0.795. The molecular weight excluding hydrogens is 208 g/mol. The lowest BCUT2D eigenvalue weighted by Crippen LogP contribution is -2.07. The van der Waals surface area contributed by atoms with Crippen molar-refractivity contribution in [3.05, 3.63) is 10.6 Å². The summed E-state index contributed by atoms with van der Waals surface area (Å²) >= 11 is 0.722. The van der Waals surface area contributed by atoms with Crippen molar-refractivity contribution in [3.8, 4) is 0 Å². The molecule has 0 bridgehead atoms. The normalized spacial score (nSPS) is 9.79. The average Bonchev–Trinajstić information content (AvgIpc) is 2.47. The molecule has 1 heterocycles. The van der Waals surface area contributed by atoms with Crippen LogP contribution in [0.4, 0.5) is 5.69 Å².